The lowest BCUT2D eigenvalue weighted by Gasteiger charge is -2.26. The average Bonchev–Trinajstić information content (AvgIpc) is 2.83. The zero-order valence-corrected chi connectivity index (χ0v) is 12.8. The molecule has 1 rings (SSSR count). The van der Waals surface area contributed by atoms with Crippen LogP contribution < -0.4 is 10.6 Å². The Morgan fingerprint density at radius 1 is 1.42 bits per heavy atom. The smallest absolute Gasteiger partial charge is 0.227 e. The molecule has 112 valence electrons. The topological polar surface area (TPSA) is 50.4 Å². The summed E-state index contributed by atoms with van der Waals surface area (Å²) < 4.78 is 5.48. The maximum absolute atomic E-state index is 12.3. The largest absolute Gasteiger partial charge is 0.379 e. The lowest BCUT2D eigenvalue weighted by molar-refractivity contribution is -0.130. The molecule has 0 spiro atoms. The summed E-state index contributed by atoms with van der Waals surface area (Å²) in [4.78, 5) is 12.3. The molecule has 1 heterocycles. The Balaban J connectivity index is 2.18. The van der Waals surface area contributed by atoms with E-state index in [9.17, 15) is 4.79 Å². The average molecular weight is 270 g/mol. The first-order chi connectivity index (χ1) is 9.10. The van der Waals surface area contributed by atoms with Gasteiger partial charge in [0.15, 0.2) is 0 Å². The fourth-order valence-corrected chi connectivity index (χ4v) is 2.68. The van der Waals surface area contributed by atoms with Crippen molar-refractivity contribution in [2.75, 3.05) is 26.2 Å². The van der Waals surface area contributed by atoms with Crippen LogP contribution in [0.2, 0.25) is 0 Å². The van der Waals surface area contributed by atoms with Crippen LogP contribution in [0.15, 0.2) is 0 Å². The van der Waals surface area contributed by atoms with E-state index >= 15 is 0 Å². The van der Waals surface area contributed by atoms with Crippen LogP contribution in [0.3, 0.4) is 0 Å². The molecule has 0 bridgehead atoms. The van der Waals surface area contributed by atoms with Gasteiger partial charge in [-0.25, -0.2) is 0 Å². The van der Waals surface area contributed by atoms with Crippen LogP contribution in [0.1, 0.15) is 52.9 Å². The highest BCUT2D eigenvalue weighted by molar-refractivity contribution is 5.83. The summed E-state index contributed by atoms with van der Waals surface area (Å²) in [6.45, 7) is 9.60. The van der Waals surface area contributed by atoms with Crippen LogP contribution in [-0.2, 0) is 9.53 Å². The lowest BCUT2D eigenvalue weighted by Crippen LogP contribution is -2.42. The van der Waals surface area contributed by atoms with Gasteiger partial charge in [0.1, 0.15) is 0 Å². The number of hydrogen-bond acceptors (Lipinski definition) is 3. The van der Waals surface area contributed by atoms with Gasteiger partial charge in [0.25, 0.3) is 0 Å². The SMILES string of the molecule is CCCC1(C(=O)NCCCCOC(C)C)CCNC1. The van der Waals surface area contributed by atoms with Crippen molar-refractivity contribution in [3.05, 3.63) is 0 Å². The van der Waals surface area contributed by atoms with E-state index < -0.39 is 0 Å². The molecule has 19 heavy (non-hydrogen) atoms. The summed E-state index contributed by atoms with van der Waals surface area (Å²) in [5.41, 5.74) is -0.150. The number of carbonyl (C=O) groups is 1. The standard InChI is InChI=1S/C15H30N2O2/c1-4-7-15(8-10-16-12-15)14(18)17-9-5-6-11-19-13(2)3/h13,16H,4-12H2,1-3H3,(H,17,18). The van der Waals surface area contributed by atoms with Gasteiger partial charge in [-0.1, -0.05) is 13.3 Å². The third-order valence-corrected chi connectivity index (χ3v) is 3.76. The van der Waals surface area contributed by atoms with Gasteiger partial charge in [0.05, 0.1) is 11.5 Å². The molecule has 2 N–H and O–H groups in total. The predicted octanol–water partition coefficient (Wildman–Crippen LogP) is 2.09. The van der Waals surface area contributed by atoms with E-state index in [1.165, 1.54) is 0 Å². The molecule has 0 aromatic heterocycles. The molecule has 1 aliphatic heterocycles. The maximum atomic E-state index is 12.3. The summed E-state index contributed by atoms with van der Waals surface area (Å²) in [5.74, 6) is 0.240. The Hall–Kier alpha value is -0.610. The summed E-state index contributed by atoms with van der Waals surface area (Å²) in [6, 6.07) is 0. The van der Waals surface area contributed by atoms with Crippen LogP contribution >= 0.6 is 0 Å². The molecule has 1 atom stereocenters. The second-order valence-electron chi connectivity index (χ2n) is 5.84. The number of ether oxygens (including phenoxy) is 1. The van der Waals surface area contributed by atoms with Crippen molar-refractivity contribution >= 4 is 5.91 Å². The number of rotatable bonds is 9. The van der Waals surface area contributed by atoms with Crippen LogP contribution in [0, 0.1) is 5.41 Å². The zero-order chi connectivity index (χ0) is 14.1. The third kappa shape index (κ3) is 5.49. The van der Waals surface area contributed by atoms with Crippen LogP contribution in [0.4, 0.5) is 0 Å². The zero-order valence-electron chi connectivity index (χ0n) is 12.8. The summed E-state index contributed by atoms with van der Waals surface area (Å²) in [5, 5.41) is 6.43. The van der Waals surface area contributed by atoms with E-state index in [1.54, 1.807) is 0 Å². The molecule has 1 unspecified atom stereocenters. The predicted molar refractivity (Wildman–Crippen MR) is 78.2 cm³/mol. The van der Waals surface area contributed by atoms with Crippen molar-refractivity contribution in [3.63, 3.8) is 0 Å². The quantitative estimate of drug-likeness (QED) is 0.631. The van der Waals surface area contributed by atoms with Crippen molar-refractivity contribution in [1.82, 2.24) is 10.6 Å². The van der Waals surface area contributed by atoms with Gasteiger partial charge in [-0.2, -0.15) is 0 Å². The second kappa shape index (κ2) is 8.54. The number of carbonyl (C=O) groups excluding carboxylic acids is 1. The van der Waals surface area contributed by atoms with E-state index in [0.717, 1.165) is 58.3 Å². The molecule has 1 saturated heterocycles. The van der Waals surface area contributed by atoms with Crippen molar-refractivity contribution < 1.29 is 9.53 Å². The monoisotopic (exact) mass is 270 g/mol. The Bertz CT molecular complexity index is 261. The Kier molecular flexibility index (Phi) is 7.39. The minimum absolute atomic E-state index is 0.150. The highest BCUT2D eigenvalue weighted by atomic mass is 16.5. The van der Waals surface area contributed by atoms with Crippen LogP contribution in [0.25, 0.3) is 0 Å². The highest BCUT2D eigenvalue weighted by Gasteiger charge is 2.39. The van der Waals surface area contributed by atoms with E-state index in [2.05, 4.69) is 17.6 Å². The molecule has 1 aliphatic rings. The van der Waals surface area contributed by atoms with Gasteiger partial charge < -0.3 is 15.4 Å². The third-order valence-electron chi connectivity index (χ3n) is 3.76. The van der Waals surface area contributed by atoms with Gasteiger partial charge in [-0.05, 0) is 46.1 Å². The lowest BCUT2D eigenvalue weighted by atomic mass is 9.81. The molecule has 0 aliphatic carbocycles. The Morgan fingerprint density at radius 3 is 2.79 bits per heavy atom. The fraction of sp³-hybridized carbons (Fsp3) is 0.933. The summed E-state index contributed by atoms with van der Waals surface area (Å²) in [6.07, 6.45) is 5.33. The maximum Gasteiger partial charge on any atom is 0.227 e. The highest BCUT2D eigenvalue weighted by Crippen LogP contribution is 2.31. The molecule has 0 aromatic carbocycles. The molecular weight excluding hydrogens is 240 g/mol. The normalized spacial score (nSPS) is 22.9. The van der Waals surface area contributed by atoms with E-state index in [1.807, 2.05) is 13.8 Å². The van der Waals surface area contributed by atoms with E-state index in [0.29, 0.717) is 6.10 Å². The van der Waals surface area contributed by atoms with Crippen LogP contribution in [-0.4, -0.2) is 38.3 Å². The van der Waals surface area contributed by atoms with Gasteiger partial charge in [-0.15, -0.1) is 0 Å². The number of nitrogens with one attached hydrogen (secondary N) is 2. The van der Waals surface area contributed by atoms with E-state index in [-0.39, 0.29) is 11.3 Å². The van der Waals surface area contributed by atoms with E-state index in [4.69, 9.17) is 4.74 Å². The molecule has 0 saturated carbocycles. The van der Waals surface area contributed by atoms with Gasteiger partial charge in [0, 0.05) is 19.7 Å². The minimum atomic E-state index is -0.150. The van der Waals surface area contributed by atoms with Crippen molar-refractivity contribution in [1.29, 1.82) is 0 Å². The van der Waals surface area contributed by atoms with Crippen molar-refractivity contribution in [2.45, 2.75) is 59.0 Å². The van der Waals surface area contributed by atoms with Gasteiger partial charge in [-0.3, -0.25) is 4.79 Å². The first kappa shape index (κ1) is 16.4. The van der Waals surface area contributed by atoms with Crippen molar-refractivity contribution in [3.8, 4) is 0 Å². The summed E-state index contributed by atoms with van der Waals surface area (Å²) in [7, 11) is 0. The molecular formula is C15H30N2O2. The minimum Gasteiger partial charge on any atom is -0.379 e. The molecule has 4 nitrogen and oxygen atoms in total. The molecule has 0 radical (unpaired) electrons. The summed E-state index contributed by atoms with van der Waals surface area (Å²) >= 11 is 0. The number of hydrogen-bond donors (Lipinski definition) is 2. The molecule has 0 aromatic rings. The number of unbranched alkanes of at least 4 members (excludes halogenated alkanes) is 1. The Labute approximate surface area is 117 Å². The first-order valence-corrected chi connectivity index (χ1v) is 7.71. The molecule has 4 heteroatoms. The number of amides is 1. The molecule has 1 fully saturated rings. The molecule has 1 amide bonds. The fourth-order valence-electron chi connectivity index (χ4n) is 2.68. The van der Waals surface area contributed by atoms with Gasteiger partial charge >= 0.3 is 0 Å². The van der Waals surface area contributed by atoms with Gasteiger partial charge in [0.2, 0.25) is 5.91 Å². The second-order valence-corrected chi connectivity index (χ2v) is 5.84. The van der Waals surface area contributed by atoms with Crippen LogP contribution in [0.5, 0.6) is 0 Å². The van der Waals surface area contributed by atoms with Crippen molar-refractivity contribution in [2.24, 2.45) is 5.41 Å². The Morgan fingerprint density at radius 2 is 2.21 bits per heavy atom. The first-order valence-electron chi connectivity index (χ1n) is 7.71.